The van der Waals surface area contributed by atoms with E-state index < -0.39 is 4.92 Å². The number of terminal acetylenes is 1. The van der Waals surface area contributed by atoms with E-state index in [4.69, 9.17) is 18.0 Å². The highest BCUT2D eigenvalue weighted by Crippen LogP contribution is 2.17. The number of rotatable bonds is 9. The Kier molecular flexibility index (Phi) is 8.09. The molecule has 6 nitrogen and oxygen atoms in total. The molecule has 2 N–H and O–H groups in total. The van der Waals surface area contributed by atoms with Gasteiger partial charge in [-0.1, -0.05) is 17.5 Å². The summed E-state index contributed by atoms with van der Waals surface area (Å²) in [7, 11) is 0. The first-order valence-electron chi connectivity index (χ1n) is 6.07. The Hall–Kier alpha value is -1.91. The Bertz CT molecular complexity index is 545. The molecule has 0 saturated carbocycles. The lowest BCUT2D eigenvalue weighted by Gasteiger charge is -2.09. The molecule has 0 aliphatic rings. The molecule has 0 spiro atoms. The van der Waals surface area contributed by atoms with Crippen molar-refractivity contribution in [2.75, 3.05) is 18.8 Å². The van der Waals surface area contributed by atoms with Gasteiger partial charge in [-0.2, -0.15) is 11.8 Å². The molecular formula is C13H15ClN4O2S. The summed E-state index contributed by atoms with van der Waals surface area (Å²) in [6, 6.07) is 3.58. The molecule has 8 heteroatoms. The first-order chi connectivity index (χ1) is 10.1. The van der Waals surface area contributed by atoms with Crippen molar-refractivity contribution in [2.24, 2.45) is 0 Å². The van der Waals surface area contributed by atoms with Crippen molar-refractivity contribution in [1.82, 2.24) is 15.6 Å². The fraction of sp³-hybridized carbons (Fsp3) is 0.308. The van der Waals surface area contributed by atoms with Gasteiger partial charge in [0.15, 0.2) is 5.82 Å². The summed E-state index contributed by atoms with van der Waals surface area (Å²) in [5, 5.41) is 16.8. The van der Waals surface area contributed by atoms with Crippen LogP contribution in [0.4, 0.5) is 0 Å². The van der Waals surface area contributed by atoms with E-state index >= 15 is 0 Å². The van der Waals surface area contributed by atoms with Gasteiger partial charge < -0.3 is 10.6 Å². The Morgan fingerprint density at radius 1 is 1.62 bits per heavy atom. The van der Waals surface area contributed by atoms with Crippen molar-refractivity contribution in [2.45, 2.75) is 5.75 Å². The maximum Gasteiger partial charge on any atom is 0.274 e. The molecule has 0 fully saturated rings. The number of nitrogens with one attached hydrogen (secondary N) is 2. The second-order valence-corrected chi connectivity index (χ2v) is 5.31. The van der Waals surface area contributed by atoms with Gasteiger partial charge in [-0.15, -0.1) is 6.42 Å². The quantitative estimate of drug-likeness (QED) is 0.312. The van der Waals surface area contributed by atoms with E-state index in [2.05, 4.69) is 21.5 Å². The summed E-state index contributed by atoms with van der Waals surface area (Å²) in [5.74, 6) is 4.10. The highest BCUT2D eigenvalue weighted by atomic mass is 35.5. The van der Waals surface area contributed by atoms with Gasteiger partial charge >= 0.3 is 0 Å². The monoisotopic (exact) mass is 326 g/mol. The van der Waals surface area contributed by atoms with Gasteiger partial charge in [0.25, 0.3) is 6.20 Å². The fourth-order valence-corrected chi connectivity index (χ4v) is 2.44. The maximum absolute atomic E-state index is 10.5. The van der Waals surface area contributed by atoms with Gasteiger partial charge in [-0.3, -0.25) is 15.1 Å². The first-order valence-corrected chi connectivity index (χ1v) is 7.60. The van der Waals surface area contributed by atoms with Crippen LogP contribution in [0, 0.1) is 22.5 Å². The van der Waals surface area contributed by atoms with Gasteiger partial charge in [0.05, 0.1) is 22.2 Å². The van der Waals surface area contributed by atoms with Crippen LogP contribution < -0.4 is 10.6 Å². The van der Waals surface area contributed by atoms with Crippen molar-refractivity contribution in [3.05, 3.63) is 51.2 Å². The van der Waals surface area contributed by atoms with E-state index in [-0.39, 0.29) is 6.54 Å². The molecule has 0 aromatic carbocycles. The lowest BCUT2D eigenvalue weighted by molar-refractivity contribution is -0.404. The molecule has 1 aromatic rings. The van der Waals surface area contributed by atoms with Crippen LogP contribution in [0.5, 0.6) is 0 Å². The van der Waals surface area contributed by atoms with Crippen molar-refractivity contribution in [3.8, 4) is 12.3 Å². The Morgan fingerprint density at radius 2 is 2.43 bits per heavy atom. The lowest BCUT2D eigenvalue weighted by atomic mass is 10.4. The molecule has 0 saturated heterocycles. The Labute approximate surface area is 132 Å². The van der Waals surface area contributed by atoms with E-state index in [1.54, 1.807) is 30.1 Å². The number of aromatic nitrogens is 1. The summed E-state index contributed by atoms with van der Waals surface area (Å²) in [6.45, 7) is 0.787. The molecule has 0 amide bonds. The fourth-order valence-electron chi connectivity index (χ4n) is 1.36. The third kappa shape index (κ3) is 7.44. The molecule has 112 valence electrons. The zero-order chi connectivity index (χ0) is 15.5. The smallest absolute Gasteiger partial charge is 0.274 e. The molecule has 1 heterocycles. The van der Waals surface area contributed by atoms with Crippen LogP contribution in [0.2, 0.25) is 5.02 Å². The van der Waals surface area contributed by atoms with Gasteiger partial charge in [-0.25, -0.2) is 0 Å². The van der Waals surface area contributed by atoms with Crippen LogP contribution in [0.1, 0.15) is 5.69 Å². The zero-order valence-electron chi connectivity index (χ0n) is 11.2. The van der Waals surface area contributed by atoms with Gasteiger partial charge in [0.1, 0.15) is 0 Å². The number of hydrogen-bond acceptors (Lipinski definition) is 6. The van der Waals surface area contributed by atoms with Crippen molar-refractivity contribution >= 4 is 23.4 Å². The summed E-state index contributed by atoms with van der Waals surface area (Å²) in [6.07, 6.45) is 7.66. The Morgan fingerprint density at radius 3 is 3.10 bits per heavy atom. The average molecular weight is 327 g/mol. The number of nitro groups is 1. The predicted octanol–water partition coefficient (Wildman–Crippen LogP) is 1.86. The van der Waals surface area contributed by atoms with Crippen LogP contribution in [-0.4, -0.2) is 28.7 Å². The molecule has 0 bridgehead atoms. The zero-order valence-corrected chi connectivity index (χ0v) is 12.8. The SMILES string of the molecule is C#CCNC(=C[N+](=O)[O-])NCCSCc1ncccc1Cl. The molecule has 0 unspecified atom stereocenters. The Balaban J connectivity index is 2.30. The predicted molar refractivity (Wildman–Crippen MR) is 85.3 cm³/mol. The number of hydrogen-bond donors (Lipinski definition) is 2. The molecule has 0 aliphatic heterocycles. The molecule has 1 rings (SSSR count). The van der Waals surface area contributed by atoms with E-state index in [0.717, 1.165) is 17.6 Å². The minimum absolute atomic E-state index is 0.226. The van der Waals surface area contributed by atoms with Crippen molar-refractivity contribution in [3.63, 3.8) is 0 Å². The summed E-state index contributed by atoms with van der Waals surface area (Å²) in [4.78, 5) is 14.1. The molecular weight excluding hydrogens is 312 g/mol. The number of pyridine rings is 1. The summed E-state index contributed by atoms with van der Waals surface area (Å²) >= 11 is 7.63. The maximum atomic E-state index is 10.5. The number of nitrogens with zero attached hydrogens (tertiary/aromatic N) is 2. The van der Waals surface area contributed by atoms with E-state index in [9.17, 15) is 10.1 Å². The van der Waals surface area contributed by atoms with Crippen LogP contribution in [0.15, 0.2) is 30.4 Å². The van der Waals surface area contributed by atoms with E-state index in [0.29, 0.717) is 23.1 Å². The van der Waals surface area contributed by atoms with E-state index in [1.807, 2.05) is 0 Å². The van der Waals surface area contributed by atoms with E-state index in [1.165, 1.54) is 0 Å². The standard InChI is InChI=1S/C13H15ClN4O2S/c1-2-5-16-13(9-18(19)20)17-7-8-21-10-12-11(14)4-3-6-15-12/h1,3-4,6,9,16-17H,5,7-8,10H2. The minimum atomic E-state index is -0.535. The summed E-state index contributed by atoms with van der Waals surface area (Å²) in [5.41, 5.74) is 0.829. The van der Waals surface area contributed by atoms with Crippen LogP contribution in [0.25, 0.3) is 0 Å². The highest BCUT2D eigenvalue weighted by Gasteiger charge is 2.03. The van der Waals surface area contributed by atoms with Crippen molar-refractivity contribution < 1.29 is 4.92 Å². The van der Waals surface area contributed by atoms with Gasteiger partial charge in [-0.05, 0) is 12.1 Å². The van der Waals surface area contributed by atoms with Crippen LogP contribution in [-0.2, 0) is 5.75 Å². The second-order valence-electron chi connectivity index (χ2n) is 3.80. The third-order valence-corrected chi connectivity index (χ3v) is 3.57. The average Bonchev–Trinajstić information content (AvgIpc) is 2.45. The third-order valence-electron chi connectivity index (χ3n) is 2.25. The lowest BCUT2D eigenvalue weighted by Crippen LogP contribution is -2.29. The molecule has 0 aliphatic carbocycles. The van der Waals surface area contributed by atoms with Crippen LogP contribution in [0.3, 0.4) is 0 Å². The normalized spacial score (nSPS) is 10.8. The number of thioether (sulfide) groups is 1. The highest BCUT2D eigenvalue weighted by molar-refractivity contribution is 7.98. The van der Waals surface area contributed by atoms with Gasteiger partial charge in [0, 0.05) is 24.2 Å². The molecule has 0 atom stereocenters. The van der Waals surface area contributed by atoms with Gasteiger partial charge in [0.2, 0.25) is 0 Å². The molecule has 1 aromatic heterocycles. The van der Waals surface area contributed by atoms with Crippen LogP contribution >= 0.6 is 23.4 Å². The number of halogens is 1. The second kappa shape index (κ2) is 9.91. The summed E-state index contributed by atoms with van der Waals surface area (Å²) < 4.78 is 0. The first kappa shape index (κ1) is 17.1. The minimum Gasteiger partial charge on any atom is -0.366 e. The largest absolute Gasteiger partial charge is 0.366 e. The molecule has 0 radical (unpaired) electrons. The molecule has 21 heavy (non-hydrogen) atoms. The van der Waals surface area contributed by atoms with Crippen molar-refractivity contribution in [1.29, 1.82) is 0 Å². The topological polar surface area (TPSA) is 80.1 Å².